The van der Waals surface area contributed by atoms with Crippen LogP contribution in [0.5, 0.6) is 0 Å². The lowest BCUT2D eigenvalue weighted by Crippen LogP contribution is -2.47. The van der Waals surface area contributed by atoms with Gasteiger partial charge in [-0.05, 0) is 42.3 Å². The molecule has 148 valence electrons. The zero-order chi connectivity index (χ0) is 19.5. The van der Waals surface area contributed by atoms with Gasteiger partial charge in [0.05, 0.1) is 6.42 Å². The molecule has 2 N–H and O–H groups in total. The summed E-state index contributed by atoms with van der Waals surface area (Å²) in [6, 6.07) is 13.9. The van der Waals surface area contributed by atoms with Crippen LogP contribution < -0.4 is 5.73 Å². The number of benzene rings is 1. The van der Waals surface area contributed by atoms with Crippen molar-refractivity contribution in [1.82, 2.24) is 9.80 Å². The lowest BCUT2D eigenvalue weighted by atomic mass is 9.89. The number of carbonyl (C=O) groups is 2. The zero-order valence-electron chi connectivity index (χ0n) is 16.0. The summed E-state index contributed by atoms with van der Waals surface area (Å²) >= 11 is 1.59. The number of nitrogens with two attached hydrogens (primary N) is 1. The van der Waals surface area contributed by atoms with Gasteiger partial charge in [0.15, 0.2) is 0 Å². The fourth-order valence-corrected chi connectivity index (χ4v) is 5.26. The maximum Gasteiger partial charge on any atom is 0.245 e. The first-order valence-corrected chi connectivity index (χ1v) is 10.9. The Labute approximate surface area is 170 Å². The summed E-state index contributed by atoms with van der Waals surface area (Å²) in [5, 5.41) is 1.98. The van der Waals surface area contributed by atoms with Gasteiger partial charge in [0, 0.05) is 30.4 Å². The smallest absolute Gasteiger partial charge is 0.245 e. The highest BCUT2D eigenvalue weighted by Gasteiger charge is 2.41. The molecular weight excluding hydrogens is 370 g/mol. The third-order valence-electron chi connectivity index (χ3n) is 6.05. The van der Waals surface area contributed by atoms with Crippen molar-refractivity contribution in [2.24, 2.45) is 11.7 Å². The third-order valence-corrected chi connectivity index (χ3v) is 6.92. The van der Waals surface area contributed by atoms with Crippen LogP contribution in [0.4, 0.5) is 0 Å². The van der Waals surface area contributed by atoms with Crippen LogP contribution in [-0.4, -0.2) is 53.8 Å². The summed E-state index contributed by atoms with van der Waals surface area (Å²) in [6.45, 7) is 2.61. The highest BCUT2D eigenvalue weighted by molar-refractivity contribution is 7.10. The molecule has 3 atom stereocenters. The molecule has 0 saturated carbocycles. The molecule has 1 aromatic heterocycles. The number of hydrogen-bond donors (Lipinski definition) is 1. The van der Waals surface area contributed by atoms with Gasteiger partial charge < -0.3 is 15.5 Å². The van der Waals surface area contributed by atoms with E-state index in [0.29, 0.717) is 32.6 Å². The van der Waals surface area contributed by atoms with Crippen molar-refractivity contribution in [2.75, 3.05) is 26.2 Å². The SMILES string of the molecule is NC[C@@H]1CN(C(=O)C2CCCN2C(=O)Cc2cccs2)C[C@H]1c1ccccc1. The third kappa shape index (κ3) is 3.84. The van der Waals surface area contributed by atoms with Crippen LogP contribution in [0.3, 0.4) is 0 Å². The fraction of sp³-hybridized carbons (Fsp3) is 0.455. The van der Waals surface area contributed by atoms with Gasteiger partial charge >= 0.3 is 0 Å². The van der Waals surface area contributed by atoms with E-state index in [-0.39, 0.29) is 29.7 Å². The Morgan fingerprint density at radius 3 is 2.64 bits per heavy atom. The summed E-state index contributed by atoms with van der Waals surface area (Å²) in [4.78, 5) is 30.9. The van der Waals surface area contributed by atoms with E-state index in [1.54, 1.807) is 16.2 Å². The van der Waals surface area contributed by atoms with Crippen LogP contribution in [0.25, 0.3) is 0 Å². The van der Waals surface area contributed by atoms with Crippen LogP contribution in [0.2, 0.25) is 0 Å². The Hall–Kier alpha value is -2.18. The molecule has 0 aliphatic carbocycles. The van der Waals surface area contributed by atoms with E-state index in [1.807, 2.05) is 40.6 Å². The largest absolute Gasteiger partial charge is 0.340 e. The first kappa shape index (κ1) is 19.2. The van der Waals surface area contributed by atoms with Crippen molar-refractivity contribution in [3.8, 4) is 0 Å². The molecule has 0 radical (unpaired) electrons. The molecule has 6 heteroatoms. The quantitative estimate of drug-likeness (QED) is 0.843. The predicted octanol–water partition coefficient (Wildman–Crippen LogP) is 2.48. The van der Waals surface area contributed by atoms with Gasteiger partial charge in [-0.15, -0.1) is 11.3 Å². The molecule has 2 saturated heterocycles. The van der Waals surface area contributed by atoms with E-state index in [4.69, 9.17) is 5.73 Å². The number of thiophene rings is 1. The van der Waals surface area contributed by atoms with Crippen molar-refractivity contribution in [1.29, 1.82) is 0 Å². The van der Waals surface area contributed by atoms with Gasteiger partial charge in [-0.2, -0.15) is 0 Å². The highest BCUT2D eigenvalue weighted by atomic mass is 32.1. The summed E-state index contributed by atoms with van der Waals surface area (Å²) < 4.78 is 0. The van der Waals surface area contributed by atoms with Crippen molar-refractivity contribution >= 4 is 23.2 Å². The molecule has 1 aromatic carbocycles. The molecule has 4 rings (SSSR count). The van der Waals surface area contributed by atoms with E-state index in [0.717, 1.165) is 17.7 Å². The average Bonchev–Trinajstić information content (AvgIpc) is 3.47. The maximum absolute atomic E-state index is 13.3. The topological polar surface area (TPSA) is 66.6 Å². The van der Waals surface area contributed by atoms with Gasteiger partial charge in [-0.1, -0.05) is 36.4 Å². The molecule has 2 fully saturated rings. The summed E-state index contributed by atoms with van der Waals surface area (Å²) in [6.07, 6.45) is 2.04. The van der Waals surface area contributed by atoms with E-state index in [2.05, 4.69) is 12.1 Å². The number of likely N-dealkylation sites (tertiary alicyclic amines) is 2. The van der Waals surface area contributed by atoms with Crippen molar-refractivity contribution in [3.05, 3.63) is 58.3 Å². The van der Waals surface area contributed by atoms with E-state index in [9.17, 15) is 9.59 Å². The number of rotatable bonds is 5. The second-order valence-corrected chi connectivity index (χ2v) is 8.79. The van der Waals surface area contributed by atoms with E-state index in [1.165, 1.54) is 5.56 Å². The van der Waals surface area contributed by atoms with Crippen LogP contribution in [0.15, 0.2) is 47.8 Å². The Kier molecular flexibility index (Phi) is 5.78. The van der Waals surface area contributed by atoms with Gasteiger partial charge in [0.1, 0.15) is 6.04 Å². The summed E-state index contributed by atoms with van der Waals surface area (Å²) in [5.74, 6) is 0.691. The number of carbonyl (C=O) groups excluding carboxylic acids is 2. The van der Waals surface area contributed by atoms with Crippen LogP contribution in [0, 0.1) is 5.92 Å². The Morgan fingerprint density at radius 1 is 1.11 bits per heavy atom. The molecule has 2 amide bonds. The molecule has 2 aromatic rings. The minimum atomic E-state index is -0.319. The molecule has 5 nitrogen and oxygen atoms in total. The van der Waals surface area contributed by atoms with Gasteiger partial charge in [-0.25, -0.2) is 0 Å². The molecule has 0 spiro atoms. The van der Waals surface area contributed by atoms with Gasteiger partial charge in [0.25, 0.3) is 0 Å². The van der Waals surface area contributed by atoms with Crippen LogP contribution in [0.1, 0.15) is 29.2 Å². The van der Waals surface area contributed by atoms with Crippen molar-refractivity contribution in [3.63, 3.8) is 0 Å². The Balaban J connectivity index is 1.45. The summed E-state index contributed by atoms with van der Waals surface area (Å²) in [7, 11) is 0. The Bertz CT molecular complexity index is 808. The predicted molar refractivity (Wildman–Crippen MR) is 111 cm³/mol. The lowest BCUT2D eigenvalue weighted by molar-refractivity contribution is -0.142. The van der Waals surface area contributed by atoms with E-state index >= 15 is 0 Å². The van der Waals surface area contributed by atoms with Gasteiger partial charge in [-0.3, -0.25) is 9.59 Å². The molecule has 2 aliphatic heterocycles. The minimum Gasteiger partial charge on any atom is -0.340 e. The monoisotopic (exact) mass is 397 g/mol. The number of hydrogen-bond acceptors (Lipinski definition) is 4. The lowest BCUT2D eigenvalue weighted by Gasteiger charge is -2.28. The maximum atomic E-state index is 13.3. The molecule has 0 bridgehead atoms. The number of nitrogens with zero attached hydrogens (tertiary/aromatic N) is 2. The first-order valence-electron chi connectivity index (χ1n) is 10.0. The van der Waals surface area contributed by atoms with E-state index < -0.39 is 0 Å². The van der Waals surface area contributed by atoms with Crippen LogP contribution >= 0.6 is 11.3 Å². The molecule has 3 heterocycles. The molecule has 2 aliphatic rings. The van der Waals surface area contributed by atoms with Crippen molar-refractivity contribution in [2.45, 2.75) is 31.2 Å². The van der Waals surface area contributed by atoms with Crippen LogP contribution in [-0.2, 0) is 16.0 Å². The standard InChI is InChI=1S/C22H27N3O2S/c23-13-17-14-24(15-19(17)16-6-2-1-3-7-16)22(27)20-9-4-10-25(20)21(26)12-18-8-5-11-28-18/h1-3,5-8,11,17,19-20H,4,9-10,12-15,23H2/t17-,19+,20?/m1/s1. The fourth-order valence-electron chi connectivity index (χ4n) is 4.56. The van der Waals surface area contributed by atoms with Gasteiger partial charge in [0.2, 0.25) is 11.8 Å². The normalized spacial score (nSPS) is 24.7. The minimum absolute atomic E-state index is 0.0625. The first-order chi connectivity index (χ1) is 13.7. The second kappa shape index (κ2) is 8.45. The summed E-state index contributed by atoms with van der Waals surface area (Å²) in [5.41, 5.74) is 7.27. The zero-order valence-corrected chi connectivity index (χ0v) is 16.8. The number of amides is 2. The van der Waals surface area contributed by atoms with Crippen molar-refractivity contribution < 1.29 is 9.59 Å². The molecule has 1 unspecified atom stereocenters. The second-order valence-electron chi connectivity index (χ2n) is 7.76. The average molecular weight is 398 g/mol. The molecular formula is C22H27N3O2S. The molecule has 28 heavy (non-hydrogen) atoms. The Morgan fingerprint density at radius 2 is 1.93 bits per heavy atom. The highest BCUT2D eigenvalue weighted by Crippen LogP contribution is 2.33.